The van der Waals surface area contributed by atoms with E-state index in [4.69, 9.17) is 0 Å². The summed E-state index contributed by atoms with van der Waals surface area (Å²) in [6.07, 6.45) is 4.77. The molecule has 2 aromatic rings. The molecule has 0 saturated carbocycles. The number of piperidine rings is 1. The molecule has 1 aliphatic heterocycles. The molecule has 0 aliphatic carbocycles. The van der Waals surface area contributed by atoms with Crippen molar-refractivity contribution in [3.63, 3.8) is 0 Å². The summed E-state index contributed by atoms with van der Waals surface area (Å²) in [5, 5.41) is 2.20. The van der Waals surface area contributed by atoms with Crippen LogP contribution in [-0.2, 0) is 0 Å². The van der Waals surface area contributed by atoms with Crippen molar-refractivity contribution in [2.24, 2.45) is 0 Å². The average molecular weight is 239 g/mol. The summed E-state index contributed by atoms with van der Waals surface area (Å²) in [5.41, 5.74) is 1.94. The minimum atomic E-state index is 0.843. The van der Waals surface area contributed by atoms with Crippen LogP contribution in [0.4, 0.5) is 5.69 Å². The minimum Gasteiger partial charge on any atom is -0.371 e. The lowest BCUT2D eigenvalue weighted by molar-refractivity contribution is 0.112. The monoisotopic (exact) mass is 239 g/mol. The van der Waals surface area contributed by atoms with Crippen LogP contribution in [0.5, 0.6) is 0 Å². The van der Waals surface area contributed by atoms with Gasteiger partial charge in [0.05, 0.1) is 0 Å². The van der Waals surface area contributed by atoms with E-state index in [0.29, 0.717) is 0 Å². The van der Waals surface area contributed by atoms with Crippen molar-refractivity contribution in [1.29, 1.82) is 0 Å². The van der Waals surface area contributed by atoms with Gasteiger partial charge in [-0.1, -0.05) is 30.3 Å². The first kappa shape index (κ1) is 11.3. The highest BCUT2D eigenvalue weighted by Crippen LogP contribution is 2.29. The first-order valence-electron chi connectivity index (χ1n) is 6.62. The van der Waals surface area contributed by atoms with Crippen molar-refractivity contribution in [2.75, 3.05) is 18.0 Å². The van der Waals surface area contributed by atoms with Gasteiger partial charge in [0.1, 0.15) is 0 Å². The third kappa shape index (κ3) is 1.88. The van der Waals surface area contributed by atoms with Crippen LogP contribution in [0.3, 0.4) is 0 Å². The molecule has 0 amide bonds. The molecule has 0 N–H and O–H groups in total. The smallest absolute Gasteiger partial charge is 0.152 e. The maximum absolute atomic E-state index is 11.5. The summed E-state index contributed by atoms with van der Waals surface area (Å²) in [6, 6.07) is 12.3. The molecule has 0 spiro atoms. The lowest BCUT2D eigenvalue weighted by Gasteiger charge is -2.30. The molecule has 0 bridgehead atoms. The Bertz CT molecular complexity index is 570. The highest BCUT2D eigenvalue weighted by atomic mass is 16.1. The second-order valence-electron chi connectivity index (χ2n) is 4.89. The van der Waals surface area contributed by atoms with E-state index >= 15 is 0 Å². The maximum atomic E-state index is 11.5. The molecule has 3 rings (SSSR count). The van der Waals surface area contributed by atoms with Crippen LogP contribution in [0.2, 0.25) is 0 Å². The molecule has 2 aromatic carbocycles. The zero-order chi connectivity index (χ0) is 12.4. The molecule has 2 nitrogen and oxygen atoms in total. The van der Waals surface area contributed by atoms with E-state index in [1.165, 1.54) is 19.3 Å². The molecule has 1 heterocycles. The summed E-state index contributed by atoms with van der Waals surface area (Å²) in [4.78, 5) is 13.8. The number of carbonyl (C=O) groups is 1. The molecule has 18 heavy (non-hydrogen) atoms. The number of benzene rings is 2. The lowest BCUT2D eigenvalue weighted by Crippen LogP contribution is -2.30. The van der Waals surface area contributed by atoms with Gasteiger partial charge in [0.15, 0.2) is 6.29 Å². The standard InChI is InChI=1S/C16H17NO/c18-12-15-14-7-3-2-6-13(14)8-9-16(15)17-10-4-1-5-11-17/h2-3,6-9,12H,1,4-5,10-11H2. The van der Waals surface area contributed by atoms with Gasteiger partial charge in [-0.05, 0) is 36.1 Å². The third-order valence-corrected chi connectivity index (χ3v) is 3.76. The van der Waals surface area contributed by atoms with Gasteiger partial charge < -0.3 is 4.90 Å². The number of hydrogen-bond acceptors (Lipinski definition) is 2. The Morgan fingerprint density at radius 3 is 2.50 bits per heavy atom. The summed E-state index contributed by atoms with van der Waals surface area (Å²) in [7, 11) is 0. The highest BCUT2D eigenvalue weighted by Gasteiger charge is 2.15. The van der Waals surface area contributed by atoms with Gasteiger partial charge in [-0.3, -0.25) is 4.79 Å². The lowest BCUT2D eigenvalue weighted by atomic mass is 10.0. The summed E-state index contributed by atoms with van der Waals surface area (Å²) in [6.45, 7) is 2.14. The molecule has 0 unspecified atom stereocenters. The fraction of sp³-hybridized carbons (Fsp3) is 0.312. The zero-order valence-electron chi connectivity index (χ0n) is 10.4. The van der Waals surface area contributed by atoms with Crippen LogP contribution < -0.4 is 4.90 Å². The van der Waals surface area contributed by atoms with Crippen LogP contribution in [0.1, 0.15) is 29.6 Å². The Labute approximate surface area is 107 Å². The van der Waals surface area contributed by atoms with Crippen LogP contribution in [0.25, 0.3) is 10.8 Å². The van der Waals surface area contributed by atoms with Crippen molar-refractivity contribution in [3.8, 4) is 0 Å². The molecule has 0 radical (unpaired) electrons. The predicted molar refractivity (Wildman–Crippen MR) is 75.4 cm³/mol. The Morgan fingerprint density at radius 1 is 0.944 bits per heavy atom. The molecular weight excluding hydrogens is 222 g/mol. The second kappa shape index (κ2) is 4.81. The van der Waals surface area contributed by atoms with Crippen LogP contribution >= 0.6 is 0 Å². The van der Waals surface area contributed by atoms with Gasteiger partial charge >= 0.3 is 0 Å². The minimum absolute atomic E-state index is 0.843. The largest absolute Gasteiger partial charge is 0.371 e. The summed E-state index contributed by atoms with van der Waals surface area (Å²) >= 11 is 0. The van der Waals surface area contributed by atoms with Crippen molar-refractivity contribution in [3.05, 3.63) is 42.0 Å². The Morgan fingerprint density at radius 2 is 1.72 bits per heavy atom. The number of rotatable bonds is 2. The summed E-state index contributed by atoms with van der Waals surface area (Å²) < 4.78 is 0. The Balaban J connectivity index is 2.13. The Hall–Kier alpha value is -1.83. The number of hydrogen-bond donors (Lipinski definition) is 0. The van der Waals surface area contributed by atoms with Gasteiger partial charge in [-0.2, -0.15) is 0 Å². The third-order valence-electron chi connectivity index (χ3n) is 3.76. The zero-order valence-corrected chi connectivity index (χ0v) is 10.4. The van der Waals surface area contributed by atoms with Gasteiger partial charge in [-0.15, -0.1) is 0 Å². The highest BCUT2D eigenvalue weighted by molar-refractivity contribution is 6.03. The van der Waals surface area contributed by atoms with Crippen LogP contribution in [0.15, 0.2) is 36.4 Å². The van der Waals surface area contributed by atoms with E-state index in [1.807, 2.05) is 18.2 Å². The molecule has 92 valence electrons. The van der Waals surface area contributed by atoms with Crippen LogP contribution in [0, 0.1) is 0 Å². The number of fused-ring (bicyclic) bond motifs is 1. The number of aldehydes is 1. The Kier molecular flexibility index (Phi) is 3.01. The molecular formula is C16H17NO. The molecule has 1 aliphatic rings. The number of carbonyl (C=O) groups excluding carboxylic acids is 1. The molecule has 0 atom stereocenters. The van der Waals surface area contributed by atoms with E-state index in [-0.39, 0.29) is 0 Å². The summed E-state index contributed by atoms with van der Waals surface area (Å²) in [5.74, 6) is 0. The van der Waals surface area contributed by atoms with Crippen molar-refractivity contribution >= 4 is 22.7 Å². The van der Waals surface area contributed by atoms with Gasteiger partial charge in [0.25, 0.3) is 0 Å². The molecule has 2 heteroatoms. The maximum Gasteiger partial charge on any atom is 0.152 e. The normalized spacial score (nSPS) is 15.9. The van der Waals surface area contributed by atoms with Gasteiger partial charge in [-0.25, -0.2) is 0 Å². The predicted octanol–water partition coefficient (Wildman–Crippen LogP) is 3.64. The van der Waals surface area contributed by atoms with Crippen LogP contribution in [-0.4, -0.2) is 19.4 Å². The molecule has 1 fully saturated rings. The quantitative estimate of drug-likeness (QED) is 0.746. The number of anilines is 1. The van der Waals surface area contributed by atoms with E-state index in [2.05, 4.69) is 23.1 Å². The molecule has 0 aromatic heterocycles. The molecule has 1 saturated heterocycles. The van der Waals surface area contributed by atoms with Crippen molar-refractivity contribution in [2.45, 2.75) is 19.3 Å². The number of nitrogens with zero attached hydrogens (tertiary/aromatic N) is 1. The van der Waals surface area contributed by atoms with E-state index < -0.39 is 0 Å². The van der Waals surface area contributed by atoms with Crippen molar-refractivity contribution < 1.29 is 4.79 Å². The van der Waals surface area contributed by atoms with E-state index in [0.717, 1.165) is 41.4 Å². The van der Waals surface area contributed by atoms with Gasteiger partial charge in [0.2, 0.25) is 0 Å². The fourth-order valence-corrected chi connectivity index (χ4v) is 2.82. The first-order chi connectivity index (χ1) is 8.90. The topological polar surface area (TPSA) is 20.3 Å². The fourth-order valence-electron chi connectivity index (χ4n) is 2.82. The first-order valence-corrected chi connectivity index (χ1v) is 6.62. The van der Waals surface area contributed by atoms with Gasteiger partial charge in [0, 0.05) is 24.3 Å². The van der Waals surface area contributed by atoms with Crippen molar-refractivity contribution in [1.82, 2.24) is 0 Å². The van der Waals surface area contributed by atoms with E-state index in [1.54, 1.807) is 0 Å². The average Bonchev–Trinajstić information content (AvgIpc) is 2.47. The SMILES string of the molecule is O=Cc1c(N2CCCCC2)ccc2ccccc12. The van der Waals surface area contributed by atoms with E-state index in [9.17, 15) is 4.79 Å². The second-order valence-corrected chi connectivity index (χ2v) is 4.89.